The van der Waals surface area contributed by atoms with Gasteiger partial charge in [-0.1, -0.05) is 23.5 Å². The summed E-state index contributed by atoms with van der Waals surface area (Å²) in [6.07, 6.45) is 3.77. The summed E-state index contributed by atoms with van der Waals surface area (Å²) in [5, 5.41) is 3.59. The molecule has 112 valence electrons. The molecule has 22 heavy (non-hydrogen) atoms. The van der Waals surface area contributed by atoms with E-state index in [2.05, 4.69) is 10.3 Å². The number of rotatable bonds is 4. The number of carbonyl (C=O) groups excluding carboxylic acids is 1. The zero-order valence-electron chi connectivity index (χ0n) is 11.9. The van der Waals surface area contributed by atoms with Gasteiger partial charge in [-0.15, -0.1) is 0 Å². The fourth-order valence-electron chi connectivity index (χ4n) is 2.03. The largest absolute Gasteiger partial charge is 0.347 e. The number of thiazole rings is 1. The monoisotopic (exact) mass is 315 g/mol. The molecule has 1 aromatic carbocycles. The minimum atomic E-state index is -0.287. The summed E-state index contributed by atoms with van der Waals surface area (Å²) in [6.45, 7) is 2.17. The Morgan fingerprint density at radius 3 is 2.64 bits per heavy atom. The molecule has 1 N–H and O–H groups in total. The topological polar surface area (TPSA) is 46.9 Å². The van der Waals surface area contributed by atoms with Crippen LogP contribution in [0.25, 0.3) is 5.13 Å². The average Bonchev–Trinajstić information content (AvgIpc) is 3.15. The van der Waals surface area contributed by atoms with Crippen molar-refractivity contribution < 1.29 is 9.18 Å². The first-order chi connectivity index (χ1) is 10.6. The van der Waals surface area contributed by atoms with Crippen LogP contribution in [0.5, 0.6) is 0 Å². The lowest BCUT2D eigenvalue weighted by Crippen LogP contribution is -2.22. The Bertz CT molecular complexity index is 778. The van der Waals surface area contributed by atoms with Crippen molar-refractivity contribution in [3.05, 3.63) is 70.7 Å². The lowest BCUT2D eigenvalue weighted by atomic mass is 10.2. The molecule has 0 spiro atoms. The number of hydrogen-bond donors (Lipinski definition) is 1. The highest BCUT2D eigenvalue weighted by atomic mass is 32.1. The molecule has 0 aliphatic carbocycles. The highest BCUT2D eigenvalue weighted by Gasteiger charge is 2.15. The van der Waals surface area contributed by atoms with Crippen LogP contribution in [-0.2, 0) is 6.54 Å². The van der Waals surface area contributed by atoms with Crippen molar-refractivity contribution >= 4 is 17.2 Å². The lowest BCUT2D eigenvalue weighted by Gasteiger charge is -2.04. The molecule has 0 saturated carbocycles. The van der Waals surface area contributed by atoms with Crippen LogP contribution in [0.2, 0.25) is 0 Å². The Kier molecular flexibility index (Phi) is 4.02. The molecule has 0 radical (unpaired) electrons. The molecule has 6 heteroatoms. The molecule has 2 heterocycles. The van der Waals surface area contributed by atoms with Crippen LogP contribution in [0.15, 0.2) is 48.8 Å². The van der Waals surface area contributed by atoms with Gasteiger partial charge in [-0.2, -0.15) is 0 Å². The van der Waals surface area contributed by atoms with Crippen LogP contribution >= 0.6 is 11.3 Å². The summed E-state index contributed by atoms with van der Waals surface area (Å²) in [6, 6.07) is 9.88. The fourth-order valence-corrected chi connectivity index (χ4v) is 2.98. The number of amides is 1. The molecular weight excluding hydrogens is 301 g/mol. The minimum absolute atomic E-state index is 0.169. The molecule has 0 aliphatic heterocycles. The molecule has 4 nitrogen and oxygen atoms in total. The van der Waals surface area contributed by atoms with Crippen molar-refractivity contribution in [2.24, 2.45) is 0 Å². The van der Waals surface area contributed by atoms with Gasteiger partial charge in [-0.05, 0) is 36.8 Å². The zero-order valence-corrected chi connectivity index (χ0v) is 12.7. The SMILES string of the molecule is Cc1nc(-n2cccc2)sc1C(=O)NCc1ccc(F)cc1. The third kappa shape index (κ3) is 3.07. The summed E-state index contributed by atoms with van der Waals surface area (Å²) in [5.74, 6) is -0.456. The predicted octanol–water partition coefficient (Wildman–Crippen LogP) is 3.31. The first-order valence-corrected chi connectivity index (χ1v) is 7.58. The number of hydrogen-bond acceptors (Lipinski definition) is 3. The van der Waals surface area contributed by atoms with Crippen molar-refractivity contribution in [1.29, 1.82) is 0 Å². The first-order valence-electron chi connectivity index (χ1n) is 6.77. The molecular formula is C16H14FN3OS. The predicted molar refractivity (Wildman–Crippen MR) is 83.7 cm³/mol. The van der Waals surface area contributed by atoms with E-state index in [1.165, 1.54) is 23.5 Å². The van der Waals surface area contributed by atoms with E-state index in [4.69, 9.17) is 0 Å². The van der Waals surface area contributed by atoms with E-state index >= 15 is 0 Å². The van der Waals surface area contributed by atoms with Crippen LogP contribution in [0.4, 0.5) is 4.39 Å². The van der Waals surface area contributed by atoms with E-state index in [0.29, 0.717) is 17.1 Å². The average molecular weight is 315 g/mol. The van der Waals surface area contributed by atoms with Crippen molar-refractivity contribution in [2.75, 3.05) is 0 Å². The zero-order chi connectivity index (χ0) is 15.5. The Labute approximate surface area is 131 Å². The van der Waals surface area contributed by atoms with E-state index in [1.54, 1.807) is 12.1 Å². The molecule has 0 bridgehead atoms. The van der Waals surface area contributed by atoms with Crippen molar-refractivity contribution in [2.45, 2.75) is 13.5 Å². The maximum Gasteiger partial charge on any atom is 0.263 e. The van der Waals surface area contributed by atoms with Crippen LogP contribution < -0.4 is 5.32 Å². The highest BCUT2D eigenvalue weighted by Crippen LogP contribution is 2.21. The standard InChI is InChI=1S/C16H14FN3OS/c1-11-14(22-16(19-11)20-8-2-3-9-20)15(21)18-10-12-4-6-13(17)7-5-12/h2-9H,10H2,1H3,(H,18,21). The van der Waals surface area contributed by atoms with Gasteiger partial charge in [-0.25, -0.2) is 9.37 Å². The second kappa shape index (κ2) is 6.11. The van der Waals surface area contributed by atoms with Gasteiger partial charge in [0.1, 0.15) is 10.7 Å². The Hall–Kier alpha value is -2.47. The summed E-state index contributed by atoms with van der Waals surface area (Å²) in [4.78, 5) is 17.3. The van der Waals surface area contributed by atoms with Crippen molar-refractivity contribution in [1.82, 2.24) is 14.9 Å². The normalized spacial score (nSPS) is 10.6. The van der Waals surface area contributed by atoms with Crippen LogP contribution in [-0.4, -0.2) is 15.5 Å². The first kappa shape index (κ1) is 14.5. The number of aryl methyl sites for hydroxylation is 1. The molecule has 0 atom stereocenters. The molecule has 1 amide bonds. The maximum atomic E-state index is 12.8. The molecule has 0 saturated heterocycles. The summed E-state index contributed by atoms with van der Waals surface area (Å²) in [7, 11) is 0. The smallest absolute Gasteiger partial charge is 0.263 e. The summed E-state index contributed by atoms with van der Waals surface area (Å²) >= 11 is 1.34. The third-order valence-corrected chi connectivity index (χ3v) is 4.35. The quantitative estimate of drug-likeness (QED) is 0.803. The number of nitrogens with zero attached hydrogens (tertiary/aromatic N) is 2. The van der Waals surface area contributed by atoms with Gasteiger partial charge in [0, 0.05) is 18.9 Å². The second-order valence-electron chi connectivity index (χ2n) is 4.81. The number of nitrogens with one attached hydrogen (secondary N) is 1. The summed E-state index contributed by atoms with van der Waals surface area (Å²) < 4.78 is 14.7. The van der Waals surface area contributed by atoms with Gasteiger partial charge in [0.05, 0.1) is 5.69 Å². The van der Waals surface area contributed by atoms with Gasteiger partial charge < -0.3 is 9.88 Å². The van der Waals surface area contributed by atoms with Gasteiger partial charge >= 0.3 is 0 Å². The Balaban J connectivity index is 1.71. The molecule has 3 aromatic rings. The van der Waals surface area contributed by atoms with Crippen molar-refractivity contribution in [3.8, 4) is 5.13 Å². The van der Waals surface area contributed by atoms with Gasteiger partial charge in [0.25, 0.3) is 5.91 Å². The Morgan fingerprint density at radius 1 is 1.27 bits per heavy atom. The van der Waals surface area contributed by atoms with Gasteiger partial charge in [0.15, 0.2) is 5.13 Å². The second-order valence-corrected chi connectivity index (χ2v) is 5.79. The molecule has 0 unspecified atom stereocenters. The number of benzene rings is 1. The number of halogens is 1. The van der Waals surface area contributed by atoms with Crippen LogP contribution in [0.1, 0.15) is 20.9 Å². The van der Waals surface area contributed by atoms with E-state index in [0.717, 1.165) is 10.7 Å². The van der Waals surface area contributed by atoms with E-state index < -0.39 is 0 Å². The van der Waals surface area contributed by atoms with Crippen LogP contribution in [0, 0.1) is 12.7 Å². The fraction of sp³-hybridized carbons (Fsp3) is 0.125. The minimum Gasteiger partial charge on any atom is -0.347 e. The number of carbonyl (C=O) groups is 1. The Morgan fingerprint density at radius 2 is 1.95 bits per heavy atom. The highest BCUT2D eigenvalue weighted by molar-refractivity contribution is 7.16. The third-order valence-electron chi connectivity index (χ3n) is 3.18. The maximum absolute atomic E-state index is 12.8. The van der Waals surface area contributed by atoms with E-state index in [9.17, 15) is 9.18 Å². The molecule has 0 aliphatic rings. The van der Waals surface area contributed by atoms with Gasteiger partial charge in [-0.3, -0.25) is 4.79 Å². The lowest BCUT2D eigenvalue weighted by molar-refractivity contribution is 0.0954. The molecule has 3 rings (SSSR count). The molecule has 0 fully saturated rings. The molecule has 2 aromatic heterocycles. The van der Waals surface area contributed by atoms with Crippen molar-refractivity contribution in [3.63, 3.8) is 0 Å². The van der Waals surface area contributed by atoms with E-state index in [-0.39, 0.29) is 11.7 Å². The van der Waals surface area contributed by atoms with E-state index in [1.807, 2.05) is 36.0 Å². The number of aromatic nitrogens is 2. The summed E-state index contributed by atoms with van der Waals surface area (Å²) in [5.41, 5.74) is 1.55. The van der Waals surface area contributed by atoms with Crippen LogP contribution in [0.3, 0.4) is 0 Å². The van der Waals surface area contributed by atoms with Gasteiger partial charge in [0.2, 0.25) is 0 Å².